The van der Waals surface area contributed by atoms with Crippen LogP contribution in [-0.4, -0.2) is 27.5 Å². The molecule has 0 saturated heterocycles. The third kappa shape index (κ3) is 6.98. The van der Waals surface area contributed by atoms with Crippen molar-refractivity contribution in [2.45, 2.75) is 25.7 Å². The van der Waals surface area contributed by atoms with Gasteiger partial charge in [-0.2, -0.15) is 0 Å². The Labute approximate surface area is 194 Å². The first-order chi connectivity index (χ1) is 15.8. The lowest BCUT2D eigenvalue weighted by Crippen LogP contribution is -2.14. The van der Waals surface area contributed by atoms with Gasteiger partial charge in [-0.25, -0.2) is 8.42 Å². The SMILES string of the molecule is CCOc1ccc(NS(=O)(=O)c2ccc(NC(=O)c3ccc(OCC(C)C)cc3)cc2)cc1. The third-order valence-electron chi connectivity index (χ3n) is 4.54. The van der Waals surface area contributed by atoms with E-state index in [0.29, 0.717) is 47.6 Å². The molecule has 0 atom stereocenters. The predicted octanol–water partition coefficient (Wildman–Crippen LogP) is 5.17. The van der Waals surface area contributed by atoms with Gasteiger partial charge in [-0.1, -0.05) is 13.8 Å². The summed E-state index contributed by atoms with van der Waals surface area (Å²) in [6.45, 7) is 7.14. The lowest BCUT2D eigenvalue weighted by molar-refractivity contribution is 0.102. The Bertz CT molecular complexity index is 1160. The van der Waals surface area contributed by atoms with Gasteiger partial charge in [0, 0.05) is 16.9 Å². The molecule has 3 aromatic carbocycles. The van der Waals surface area contributed by atoms with E-state index in [0.717, 1.165) is 0 Å². The highest BCUT2D eigenvalue weighted by Gasteiger charge is 2.15. The van der Waals surface area contributed by atoms with E-state index in [2.05, 4.69) is 23.9 Å². The second-order valence-corrected chi connectivity index (χ2v) is 9.45. The molecule has 1 amide bonds. The zero-order valence-corrected chi connectivity index (χ0v) is 19.7. The number of hydrogen-bond donors (Lipinski definition) is 2. The van der Waals surface area contributed by atoms with Crippen LogP contribution in [-0.2, 0) is 10.0 Å². The molecule has 0 aliphatic rings. The molecule has 0 spiro atoms. The summed E-state index contributed by atoms with van der Waals surface area (Å²) in [4.78, 5) is 12.6. The molecule has 0 aromatic heterocycles. The van der Waals surface area contributed by atoms with Gasteiger partial charge in [0.2, 0.25) is 0 Å². The average Bonchev–Trinajstić information content (AvgIpc) is 2.79. The first-order valence-corrected chi connectivity index (χ1v) is 12.1. The first-order valence-electron chi connectivity index (χ1n) is 10.7. The summed E-state index contributed by atoms with van der Waals surface area (Å²) in [5.74, 6) is 1.48. The molecule has 0 radical (unpaired) electrons. The van der Waals surface area contributed by atoms with Crippen LogP contribution in [0.1, 0.15) is 31.1 Å². The molecule has 0 fully saturated rings. The largest absolute Gasteiger partial charge is 0.494 e. The maximum absolute atomic E-state index is 12.7. The molecule has 3 aromatic rings. The smallest absolute Gasteiger partial charge is 0.261 e. The van der Waals surface area contributed by atoms with Crippen LogP contribution in [0.15, 0.2) is 77.7 Å². The van der Waals surface area contributed by atoms with Crippen LogP contribution in [0.2, 0.25) is 0 Å². The monoisotopic (exact) mass is 468 g/mol. The number of rotatable bonds is 10. The van der Waals surface area contributed by atoms with Gasteiger partial charge in [0.25, 0.3) is 15.9 Å². The topological polar surface area (TPSA) is 93.7 Å². The minimum absolute atomic E-state index is 0.0843. The summed E-state index contributed by atoms with van der Waals surface area (Å²) in [6, 6.07) is 19.5. The quantitative estimate of drug-likeness (QED) is 0.428. The van der Waals surface area contributed by atoms with Gasteiger partial charge in [0.15, 0.2) is 0 Å². The predicted molar refractivity (Wildman–Crippen MR) is 130 cm³/mol. The van der Waals surface area contributed by atoms with Gasteiger partial charge in [-0.05, 0) is 85.6 Å². The third-order valence-corrected chi connectivity index (χ3v) is 5.94. The van der Waals surface area contributed by atoms with E-state index < -0.39 is 10.0 Å². The van der Waals surface area contributed by atoms with Gasteiger partial charge in [0.1, 0.15) is 11.5 Å². The number of ether oxygens (including phenoxy) is 2. The number of amides is 1. The van der Waals surface area contributed by atoms with Crippen molar-refractivity contribution in [3.05, 3.63) is 78.4 Å². The van der Waals surface area contributed by atoms with E-state index in [1.54, 1.807) is 60.7 Å². The molecule has 174 valence electrons. The Morgan fingerprint density at radius 3 is 1.94 bits per heavy atom. The van der Waals surface area contributed by atoms with Crippen molar-refractivity contribution < 1.29 is 22.7 Å². The van der Waals surface area contributed by atoms with Crippen LogP contribution < -0.4 is 19.5 Å². The Morgan fingerprint density at radius 2 is 1.36 bits per heavy atom. The van der Waals surface area contributed by atoms with Gasteiger partial charge >= 0.3 is 0 Å². The van der Waals surface area contributed by atoms with Crippen molar-refractivity contribution >= 4 is 27.3 Å². The fraction of sp³-hybridized carbons (Fsp3) is 0.240. The number of carbonyl (C=O) groups excluding carboxylic acids is 1. The van der Waals surface area contributed by atoms with Crippen molar-refractivity contribution in [3.8, 4) is 11.5 Å². The van der Waals surface area contributed by atoms with Crippen LogP contribution in [0.3, 0.4) is 0 Å². The Kier molecular flexibility index (Phi) is 7.95. The van der Waals surface area contributed by atoms with Crippen molar-refractivity contribution in [3.63, 3.8) is 0 Å². The number of sulfonamides is 1. The summed E-state index contributed by atoms with van der Waals surface area (Å²) in [6.07, 6.45) is 0. The molecule has 0 saturated carbocycles. The van der Waals surface area contributed by atoms with Crippen LogP contribution in [0.4, 0.5) is 11.4 Å². The van der Waals surface area contributed by atoms with Gasteiger partial charge in [-0.3, -0.25) is 9.52 Å². The molecule has 0 aliphatic carbocycles. The number of carbonyl (C=O) groups is 1. The highest BCUT2D eigenvalue weighted by Crippen LogP contribution is 2.21. The van der Waals surface area contributed by atoms with Gasteiger partial charge < -0.3 is 14.8 Å². The standard InChI is InChI=1S/C25H28N2O5S/c1-4-31-22-13-7-21(8-14-22)27-33(29,30)24-15-9-20(10-16-24)26-25(28)19-5-11-23(12-6-19)32-17-18(2)3/h5-16,18,27H,4,17H2,1-3H3,(H,26,28). The van der Waals surface area contributed by atoms with Crippen molar-refractivity contribution in [2.24, 2.45) is 5.92 Å². The van der Waals surface area contributed by atoms with Gasteiger partial charge in [-0.15, -0.1) is 0 Å². The minimum Gasteiger partial charge on any atom is -0.494 e. The second-order valence-electron chi connectivity index (χ2n) is 7.77. The maximum atomic E-state index is 12.7. The van der Waals surface area contributed by atoms with E-state index >= 15 is 0 Å². The van der Waals surface area contributed by atoms with Crippen molar-refractivity contribution in [1.29, 1.82) is 0 Å². The Balaban J connectivity index is 1.61. The fourth-order valence-electron chi connectivity index (χ4n) is 2.89. The average molecular weight is 469 g/mol. The van der Waals surface area contributed by atoms with Crippen LogP contribution in [0, 0.1) is 5.92 Å². The first kappa shape index (κ1) is 24.1. The fourth-order valence-corrected chi connectivity index (χ4v) is 3.94. The number of hydrogen-bond acceptors (Lipinski definition) is 5. The molecule has 0 heterocycles. The van der Waals surface area contributed by atoms with Crippen molar-refractivity contribution in [2.75, 3.05) is 23.3 Å². The van der Waals surface area contributed by atoms with Crippen LogP contribution in [0.5, 0.6) is 11.5 Å². The molecule has 0 aliphatic heterocycles. The second kappa shape index (κ2) is 10.9. The van der Waals surface area contributed by atoms with E-state index in [1.807, 2.05) is 6.92 Å². The summed E-state index contributed by atoms with van der Waals surface area (Å²) in [5, 5.41) is 2.77. The van der Waals surface area contributed by atoms with Crippen molar-refractivity contribution in [1.82, 2.24) is 0 Å². The molecule has 0 bridgehead atoms. The van der Waals surface area contributed by atoms with Crippen LogP contribution >= 0.6 is 0 Å². The highest BCUT2D eigenvalue weighted by molar-refractivity contribution is 7.92. The van der Waals surface area contributed by atoms with E-state index in [1.165, 1.54) is 12.1 Å². The highest BCUT2D eigenvalue weighted by atomic mass is 32.2. The number of nitrogens with one attached hydrogen (secondary N) is 2. The lowest BCUT2D eigenvalue weighted by Gasteiger charge is -2.11. The lowest BCUT2D eigenvalue weighted by atomic mass is 10.2. The molecule has 0 unspecified atom stereocenters. The number of benzene rings is 3. The summed E-state index contributed by atoms with van der Waals surface area (Å²) in [5.41, 5.74) is 1.39. The normalized spacial score (nSPS) is 11.2. The summed E-state index contributed by atoms with van der Waals surface area (Å²) < 4.78 is 38.8. The molecule has 8 heteroatoms. The molecular weight excluding hydrogens is 440 g/mol. The zero-order valence-electron chi connectivity index (χ0n) is 18.9. The zero-order chi connectivity index (χ0) is 23.8. The molecule has 2 N–H and O–H groups in total. The molecule has 33 heavy (non-hydrogen) atoms. The van der Waals surface area contributed by atoms with E-state index in [9.17, 15) is 13.2 Å². The number of anilines is 2. The van der Waals surface area contributed by atoms with E-state index in [4.69, 9.17) is 9.47 Å². The summed E-state index contributed by atoms with van der Waals surface area (Å²) >= 11 is 0. The Morgan fingerprint density at radius 1 is 0.818 bits per heavy atom. The molecular formula is C25H28N2O5S. The van der Waals surface area contributed by atoms with E-state index in [-0.39, 0.29) is 10.8 Å². The maximum Gasteiger partial charge on any atom is 0.261 e. The van der Waals surface area contributed by atoms with Crippen LogP contribution in [0.25, 0.3) is 0 Å². The Hall–Kier alpha value is -3.52. The summed E-state index contributed by atoms with van der Waals surface area (Å²) in [7, 11) is -3.77. The molecule has 7 nitrogen and oxygen atoms in total. The minimum atomic E-state index is -3.77. The van der Waals surface area contributed by atoms with Gasteiger partial charge in [0.05, 0.1) is 18.1 Å². The molecule has 3 rings (SSSR count).